The van der Waals surface area contributed by atoms with Crippen molar-refractivity contribution >= 4 is 11.4 Å². The molecule has 1 heterocycles. The Balaban J connectivity index is 1.71. The first-order valence-electron chi connectivity index (χ1n) is 7.04. The summed E-state index contributed by atoms with van der Waals surface area (Å²) in [5, 5.41) is 3.41. The van der Waals surface area contributed by atoms with Crippen LogP contribution >= 0.6 is 0 Å². The fourth-order valence-corrected chi connectivity index (χ4v) is 2.31. The Bertz CT molecular complexity index is 559. The van der Waals surface area contributed by atoms with Crippen molar-refractivity contribution in [2.24, 2.45) is 0 Å². The molecule has 0 unspecified atom stereocenters. The highest BCUT2D eigenvalue weighted by atomic mass is 16.7. The summed E-state index contributed by atoms with van der Waals surface area (Å²) in [7, 11) is 0. The number of aryl methyl sites for hydroxylation is 1. The molecule has 0 amide bonds. The third-order valence-electron chi connectivity index (χ3n) is 3.43. The van der Waals surface area contributed by atoms with Crippen LogP contribution < -0.4 is 5.32 Å². The quantitative estimate of drug-likeness (QED) is 0.908. The molecule has 104 valence electrons. The van der Waals surface area contributed by atoms with E-state index in [0.717, 1.165) is 23.4 Å². The highest BCUT2D eigenvalue weighted by Gasteiger charge is 2.17. The van der Waals surface area contributed by atoms with Crippen molar-refractivity contribution in [3.63, 3.8) is 0 Å². The second kappa shape index (κ2) is 6.07. The third-order valence-corrected chi connectivity index (χ3v) is 3.43. The zero-order chi connectivity index (χ0) is 13.8. The van der Waals surface area contributed by atoms with Crippen LogP contribution in [0.1, 0.15) is 24.3 Å². The van der Waals surface area contributed by atoms with Gasteiger partial charge in [0.05, 0.1) is 13.2 Å². The SMILES string of the molecule is CCc1cccc(Nc2ccc(C3OCCO3)cc2)c1. The van der Waals surface area contributed by atoms with Gasteiger partial charge < -0.3 is 14.8 Å². The molecule has 1 aliphatic heterocycles. The van der Waals surface area contributed by atoms with E-state index >= 15 is 0 Å². The molecule has 0 atom stereocenters. The molecule has 20 heavy (non-hydrogen) atoms. The maximum Gasteiger partial charge on any atom is 0.184 e. The number of ether oxygens (including phenoxy) is 2. The molecule has 1 saturated heterocycles. The minimum Gasteiger partial charge on any atom is -0.356 e. The fourth-order valence-electron chi connectivity index (χ4n) is 2.31. The lowest BCUT2D eigenvalue weighted by Gasteiger charge is -2.11. The standard InChI is InChI=1S/C17H19NO2/c1-2-13-4-3-5-16(12-13)18-15-8-6-14(7-9-15)17-19-10-11-20-17/h3-9,12,17-18H,2,10-11H2,1H3. The van der Waals surface area contributed by atoms with Crippen LogP contribution in [0.3, 0.4) is 0 Å². The van der Waals surface area contributed by atoms with Gasteiger partial charge in [-0.05, 0) is 36.2 Å². The van der Waals surface area contributed by atoms with Crippen LogP contribution in [0.25, 0.3) is 0 Å². The van der Waals surface area contributed by atoms with E-state index in [0.29, 0.717) is 13.2 Å². The summed E-state index contributed by atoms with van der Waals surface area (Å²) in [6, 6.07) is 16.7. The zero-order valence-corrected chi connectivity index (χ0v) is 11.6. The molecule has 3 nitrogen and oxygen atoms in total. The molecule has 0 aliphatic carbocycles. The molecule has 2 aromatic rings. The predicted octanol–water partition coefficient (Wildman–Crippen LogP) is 4.04. The Morgan fingerprint density at radius 3 is 2.45 bits per heavy atom. The smallest absolute Gasteiger partial charge is 0.184 e. The molecule has 0 aromatic heterocycles. The molecule has 2 aromatic carbocycles. The molecule has 0 bridgehead atoms. The van der Waals surface area contributed by atoms with Crippen molar-refractivity contribution in [1.82, 2.24) is 0 Å². The second-order valence-electron chi connectivity index (χ2n) is 4.87. The molecule has 3 rings (SSSR count). The number of hydrogen-bond acceptors (Lipinski definition) is 3. The summed E-state index contributed by atoms with van der Waals surface area (Å²) >= 11 is 0. The van der Waals surface area contributed by atoms with Crippen molar-refractivity contribution in [1.29, 1.82) is 0 Å². The van der Waals surface area contributed by atoms with Gasteiger partial charge in [-0.25, -0.2) is 0 Å². The van der Waals surface area contributed by atoms with Gasteiger partial charge in [0.25, 0.3) is 0 Å². The Hall–Kier alpha value is -1.84. The summed E-state index contributed by atoms with van der Waals surface area (Å²) in [5.74, 6) is 0. The topological polar surface area (TPSA) is 30.5 Å². The predicted molar refractivity (Wildman–Crippen MR) is 80.2 cm³/mol. The highest BCUT2D eigenvalue weighted by molar-refractivity contribution is 5.60. The average Bonchev–Trinajstić information content (AvgIpc) is 3.02. The molecule has 0 saturated carbocycles. The Morgan fingerprint density at radius 1 is 1.00 bits per heavy atom. The van der Waals surface area contributed by atoms with Crippen LogP contribution in [-0.2, 0) is 15.9 Å². The normalized spacial score (nSPS) is 15.4. The van der Waals surface area contributed by atoms with E-state index in [1.165, 1.54) is 5.56 Å². The highest BCUT2D eigenvalue weighted by Crippen LogP contribution is 2.25. The van der Waals surface area contributed by atoms with E-state index in [1.807, 2.05) is 12.1 Å². The van der Waals surface area contributed by atoms with Crippen LogP contribution in [0.4, 0.5) is 11.4 Å². The molecule has 1 aliphatic rings. The number of anilines is 2. The maximum atomic E-state index is 5.48. The molecule has 0 radical (unpaired) electrons. The first-order valence-corrected chi connectivity index (χ1v) is 7.04. The van der Waals surface area contributed by atoms with E-state index in [4.69, 9.17) is 9.47 Å². The Labute approximate surface area is 119 Å². The molecular weight excluding hydrogens is 250 g/mol. The second-order valence-corrected chi connectivity index (χ2v) is 4.87. The van der Waals surface area contributed by atoms with Crippen molar-refractivity contribution in [2.45, 2.75) is 19.6 Å². The fraction of sp³-hybridized carbons (Fsp3) is 0.294. The van der Waals surface area contributed by atoms with E-state index in [1.54, 1.807) is 0 Å². The Morgan fingerprint density at radius 2 is 1.75 bits per heavy atom. The van der Waals surface area contributed by atoms with E-state index < -0.39 is 0 Å². The van der Waals surface area contributed by atoms with E-state index in [-0.39, 0.29) is 6.29 Å². The summed E-state index contributed by atoms with van der Waals surface area (Å²) in [5.41, 5.74) is 4.58. The lowest BCUT2D eigenvalue weighted by Crippen LogP contribution is -1.98. The average molecular weight is 269 g/mol. The van der Waals surface area contributed by atoms with Crippen molar-refractivity contribution < 1.29 is 9.47 Å². The van der Waals surface area contributed by atoms with Crippen molar-refractivity contribution in [3.05, 3.63) is 59.7 Å². The molecule has 3 heteroatoms. The van der Waals surface area contributed by atoms with Gasteiger partial charge in [-0.3, -0.25) is 0 Å². The van der Waals surface area contributed by atoms with E-state index in [9.17, 15) is 0 Å². The summed E-state index contributed by atoms with van der Waals surface area (Å²) in [4.78, 5) is 0. The molecule has 1 N–H and O–H groups in total. The maximum absolute atomic E-state index is 5.48. The van der Waals surface area contributed by atoms with Crippen molar-refractivity contribution in [2.75, 3.05) is 18.5 Å². The van der Waals surface area contributed by atoms with E-state index in [2.05, 4.69) is 48.6 Å². The number of benzene rings is 2. The van der Waals surface area contributed by atoms with Gasteiger partial charge in [0.15, 0.2) is 6.29 Å². The minimum atomic E-state index is -0.201. The molecule has 0 spiro atoms. The zero-order valence-electron chi connectivity index (χ0n) is 11.6. The van der Waals surface area contributed by atoms with Crippen LogP contribution in [-0.4, -0.2) is 13.2 Å². The first kappa shape index (κ1) is 13.2. The first-order chi connectivity index (χ1) is 9.85. The number of hydrogen-bond donors (Lipinski definition) is 1. The van der Waals surface area contributed by atoms with Gasteiger partial charge in [-0.1, -0.05) is 31.2 Å². The van der Waals surface area contributed by atoms with Gasteiger partial charge in [0, 0.05) is 16.9 Å². The largest absolute Gasteiger partial charge is 0.356 e. The minimum absolute atomic E-state index is 0.201. The number of rotatable bonds is 4. The number of nitrogens with one attached hydrogen (secondary N) is 1. The summed E-state index contributed by atoms with van der Waals surface area (Å²) in [6.45, 7) is 3.51. The van der Waals surface area contributed by atoms with Gasteiger partial charge in [-0.2, -0.15) is 0 Å². The summed E-state index contributed by atoms with van der Waals surface area (Å²) < 4.78 is 11.0. The Kier molecular flexibility index (Phi) is 4.00. The lowest BCUT2D eigenvalue weighted by molar-refractivity contribution is -0.0441. The molecular formula is C17H19NO2. The van der Waals surface area contributed by atoms with Crippen molar-refractivity contribution in [3.8, 4) is 0 Å². The van der Waals surface area contributed by atoms with Crippen LogP contribution in [0.2, 0.25) is 0 Å². The van der Waals surface area contributed by atoms with Gasteiger partial charge in [0.2, 0.25) is 0 Å². The van der Waals surface area contributed by atoms with Crippen LogP contribution in [0, 0.1) is 0 Å². The van der Waals surface area contributed by atoms with Gasteiger partial charge in [0.1, 0.15) is 0 Å². The monoisotopic (exact) mass is 269 g/mol. The van der Waals surface area contributed by atoms with Crippen LogP contribution in [0.15, 0.2) is 48.5 Å². The third kappa shape index (κ3) is 3.00. The van der Waals surface area contributed by atoms with Gasteiger partial charge in [-0.15, -0.1) is 0 Å². The summed E-state index contributed by atoms with van der Waals surface area (Å²) in [6.07, 6.45) is 0.845. The lowest BCUT2D eigenvalue weighted by atomic mass is 10.1. The molecule has 1 fully saturated rings. The van der Waals surface area contributed by atoms with Crippen LogP contribution in [0.5, 0.6) is 0 Å². The van der Waals surface area contributed by atoms with Gasteiger partial charge >= 0.3 is 0 Å².